The molecule has 116 valence electrons. The van der Waals surface area contributed by atoms with Crippen LogP contribution in [0, 0.1) is 5.92 Å². The lowest BCUT2D eigenvalue weighted by Crippen LogP contribution is -2.36. The zero-order valence-electron chi connectivity index (χ0n) is 12.7. The van der Waals surface area contributed by atoms with Gasteiger partial charge in [0.2, 0.25) is 5.91 Å². The second kappa shape index (κ2) is 6.95. The zero-order valence-corrected chi connectivity index (χ0v) is 13.5. The average molecular weight is 317 g/mol. The normalized spacial score (nSPS) is 14.2. The molecule has 1 atom stereocenters. The van der Waals surface area contributed by atoms with Gasteiger partial charge in [0.15, 0.2) is 0 Å². The second-order valence-corrected chi connectivity index (χ2v) is 5.59. The van der Waals surface area contributed by atoms with Crippen molar-refractivity contribution in [3.63, 3.8) is 0 Å². The summed E-state index contributed by atoms with van der Waals surface area (Å²) in [4.78, 5) is 14.2. The molecular formula is C18H21ClN2O. The molecule has 0 aliphatic carbocycles. The molecule has 0 saturated carbocycles. The van der Waals surface area contributed by atoms with Crippen LogP contribution in [0.4, 0.5) is 5.69 Å². The Balaban J connectivity index is 0.00000176. The molecule has 0 aromatic heterocycles. The van der Waals surface area contributed by atoms with E-state index in [1.54, 1.807) is 0 Å². The molecule has 1 aliphatic rings. The van der Waals surface area contributed by atoms with Gasteiger partial charge in [-0.2, -0.15) is 0 Å². The van der Waals surface area contributed by atoms with E-state index in [-0.39, 0.29) is 24.2 Å². The summed E-state index contributed by atoms with van der Waals surface area (Å²) in [5.74, 6) is 0.00783. The first-order valence-corrected chi connectivity index (χ1v) is 7.40. The number of carbonyl (C=O) groups is 1. The molecule has 3 rings (SSSR count). The fourth-order valence-electron chi connectivity index (χ4n) is 2.81. The van der Waals surface area contributed by atoms with E-state index in [9.17, 15) is 4.79 Å². The van der Waals surface area contributed by atoms with E-state index in [4.69, 9.17) is 5.73 Å². The number of amides is 1. The van der Waals surface area contributed by atoms with Gasteiger partial charge in [-0.3, -0.25) is 4.79 Å². The molecule has 22 heavy (non-hydrogen) atoms. The van der Waals surface area contributed by atoms with Crippen molar-refractivity contribution in [2.75, 3.05) is 18.0 Å². The van der Waals surface area contributed by atoms with Crippen molar-refractivity contribution in [3.05, 3.63) is 54.1 Å². The monoisotopic (exact) mass is 316 g/mol. The van der Waals surface area contributed by atoms with Crippen molar-refractivity contribution in [2.24, 2.45) is 11.7 Å². The first kappa shape index (κ1) is 16.5. The lowest BCUT2D eigenvalue weighted by Gasteiger charge is -2.21. The number of anilines is 1. The van der Waals surface area contributed by atoms with Crippen molar-refractivity contribution in [1.82, 2.24) is 0 Å². The van der Waals surface area contributed by atoms with E-state index >= 15 is 0 Å². The molecular weight excluding hydrogens is 296 g/mol. The average Bonchev–Trinajstić information content (AvgIpc) is 2.97. The van der Waals surface area contributed by atoms with Gasteiger partial charge in [0.05, 0.1) is 0 Å². The number of nitrogens with zero attached hydrogens (tertiary/aromatic N) is 1. The van der Waals surface area contributed by atoms with E-state index < -0.39 is 0 Å². The van der Waals surface area contributed by atoms with Crippen LogP contribution in [0.5, 0.6) is 0 Å². The van der Waals surface area contributed by atoms with Crippen LogP contribution >= 0.6 is 12.4 Å². The van der Waals surface area contributed by atoms with Crippen LogP contribution in [0.2, 0.25) is 0 Å². The van der Waals surface area contributed by atoms with E-state index in [0.717, 1.165) is 18.7 Å². The molecule has 3 nitrogen and oxygen atoms in total. The van der Waals surface area contributed by atoms with Crippen molar-refractivity contribution >= 4 is 24.0 Å². The van der Waals surface area contributed by atoms with Crippen molar-refractivity contribution < 1.29 is 4.79 Å². The molecule has 0 spiro atoms. The Morgan fingerprint density at radius 3 is 2.59 bits per heavy atom. The highest BCUT2D eigenvalue weighted by atomic mass is 35.5. The van der Waals surface area contributed by atoms with Gasteiger partial charge in [-0.05, 0) is 35.2 Å². The number of rotatable bonds is 3. The summed E-state index contributed by atoms with van der Waals surface area (Å²) in [6.07, 6.45) is 0.916. The molecule has 1 aliphatic heterocycles. The Kier molecular flexibility index (Phi) is 5.22. The van der Waals surface area contributed by atoms with Crippen LogP contribution in [-0.2, 0) is 11.2 Å². The summed E-state index contributed by atoms with van der Waals surface area (Å²) < 4.78 is 0. The predicted molar refractivity (Wildman–Crippen MR) is 93.4 cm³/mol. The van der Waals surface area contributed by atoms with Crippen LogP contribution < -0.4 is 10.6 Å². The minimum Gasteiger partial charge on any atom is -0.330 e. The molecule has 0 saturated heterocycles. The summed E-state index contributed by atoms with van der Waals surface area (Å²) in [6, 6.07) is 16.7. The summed E-state index contributed by atoms with van der Waals surface area (Å²) >= 11 is 0. The topological polar surface area (TPSA) is 46.3 Å². The van der Waals surface area contributed by atoms with Crippen LogP contribution in [-0.4, -0.2) is 19.0 Å². The van der Waals surface area contributed by atoms with E-state index in [1.807, 2.05) is 30.0 Å². The molecule has 1 heterocycles. The first-order chi connectivity index (χ1) is 10.2. The zero-order chi connectivity index (χ0) is 14.8. The molecule has 0 fully saturated rings. The van der Waals surface area contributed by atoms with E-state index in [2.05, 4.69) is 30.3 Å². The van der Waals surface area contributed by atoms with Gasteiger partial charge in [-0.15, -0.1) is 12.4 Å². The summed E-state index contributed by atoms with van der Waals surface area (Å²) in [5, 5.41) is 0. The lowest BCUT2D eigenvalue weighted by molar-refractivity contribution is -0.121. The second-order valence-electron chi connectivity index (χ2n) is 5.59. The quantitative estimate of drug-likeness (QED) is 0.944. The Bertz CT molecular complexity index is 657. The predicted octanol–water partition coefficient (Wildman–Crippen LogP) is 3.26. The number of benzene rings is 2. The van der Waals surface area contributed by atoms with Gasteiger partial charge in [-0.25, -0.2) is 0 Å². The molecule has 2 aromatic rings. The molecule has 2 N–H and O–H groups in total. The smallest absolute Gasteiger partial charge is 0.231 e. The lowest BCUT2D eigenvalue weighted by atomic mass is 10.0. The highest BCUT2D eigenvalue weighted by molar-refractivity contribution is 5.97. The maximum absolute atomic E-state index is 12.3. The third-order valence-corrected chi connectivity index (χ3v) is 4.12. The number of nitrogens with two attached hydrogens (primary N) is 1. The Labute approximate surface area is 137 Å². The molecule has 0 radical (unpaired) electrons. The number of fused-ring (bicyclic) bond motifs is 1. The number of hydrogen-bond acceptors (Lipinski definition) is 2. The minimum absolute atomic E-state index is 0. The van der Waals surface area contributed by atoms with E-state index in [1.165, 1.54) is 16.7 Å². The van der Waals surface area contributed by atoms with Crippen molar-refractivity contribution in [1.29, 1.82) is 0 Å². The fraction of sp³-hybridized carbons (Fsp3) is 0.278. The summed E-state index contributed by atoms with van der Waals surface area (Å²) in [6.45, 7) is 3.04. The van der Waals surface area contributed by atoms with Gasteiger partial charge in [-0.1, -0.05) is 43.3 Å². The Morgan fingerprint density at radius 1 is 1.18 bits per heavy atom. The highest BCUT2D eigenvalue weighted by Gasteiger charge is 2.27. The van der Waals surface area contributed by atoms with Crippen molar-refractivity contribution in [3.8, 4) is 11.1 Å². The Morgan fingerprint density at radius 2 is 1.91 bits per heavy atom. The van der Waals surface area contributed by atoms with Crippen molar-refractivity contribution in [2.45, 2.75) is 13.3 Å². The largest absolute Gasteiger partial charge is 0.330 e. The fourth-order valence-corrected chi connectivity index (χ4v) is 2.81. The SMILES string of the molecule is CC(CN)C(=O)N1CCc2cc(-c3ccccc3)ccc21.Cl. The van der Waals surface area contributed by atoms with Gasteiger partial charge < -0.3 is 10.6 Å². The number of hydrogen-bond donors (Lipinski definition) is 1. The minimum atomic E-state index is -0.121. The highest BCUT2D eigenvalue weighted by Crippen LogP contribution is 2.33. The maximum Gasteiger partial charge on any atom is 0.231 e. The van der Waals surface area contributed by atoms with Crippen LogP contribution in [0.15, 0.2) is 48.5 Å². The molecule has 4 heteroatoms. The molecule has 1 amide bonds. The van der Waals surface area contributed by atoms with Crippen LogP contribution in [0.25, 0.3) is 11.1 Å². The molecule has 0 bridgehead atoms. The summed E-state index contributed by atoms with van der Waals surface area (Å²) in [7, 11) is 0. The van der Waals surface area contributed by atoms with Gasteiger partial charge in [0.25, 0.3) is 0 Å². The maximum atomic E-state index is 12.3. The molecule has 2 aromatic carbocycles. The number of halogens is 1. The van der Waals surface area contributed by atoms with Crippen LogP contribution in [0.3, 0.4) is 0 Å². The van der Waals surface area contributed by atoms with Gasteiger partial charge >= 0.3 is 0 Å². The third kappa shape index (κ3) is 3.01. The number of carbonyl (C=O) groups excluding carboxylic acids is 1. The Hall–Kier alpha value is -1.84. The molecule has 1 unspecified atom stereocenters. The van der Waals surface area contributed by atoms with Gasteiger partial charge in [0.1, 0.15) is 0 Å². The standard InChI is InChI=1S/C18H20N2O.ClH/c1-13(12-19)18(21)20-10-9-16-11-15(7-8-17(16)20)14-5-3-2-4-6-14;/h2-8,11,13H,9-10,12,19H2,1H3;1H. The summed E-state index contributed by atoms with van der Waals surface area (Å²) in [5.41, 5.74) is 10.3. The first-order valence-electron chi connectivity index (χ1n) is 7.40. The third-order valence-electron chi connectivity index (χ3n) is 4.12. The van der Waals surface area contributed by atoms with Gasteiger partial charge in [0, 0.05) is 24.7 Å². The van der Waals surface area contributed by atoms with Crippen LogP contribution in [0.1, 0.15) is 12.5 Å². The van der Waals surface area contributed by atoms with E-state index in [0.29, 0.717) is 6.54 Å².